The zero-order chi connectivity index (χ0) is 13.8. The van der Waals surface area contributed by atoms with Crippen LogP contribution in [0.2, 0.25) is 0 Å². The Kier molecular flexibility index (Phi) is 4.59. The summed E-state index contributed by atoms with van der Waals surface area (Å²) in [6.45, 7) is 4.90. The Hall–Kier alpha value is -1.35. The van der Waals surface area contributed by atoms with E-state index in [9.17, 15) is 4.79 Å². The molecule has 1 fully saturated rings. The van der Waals surface area contributed by atoms with Crippen LogP contribution >= 0.6 is 0 Å². The number of benzene rings is 1. The lowest BCUT2D eigenvalue weighted by atomic mass is 10.0. The van der Waals surface area contributed by atoms with Gasteiger partial charge in [-0.15, -0.1) is 0 Å². The van der Waals surface area contributed by atoms with E-state index in [0.29, 0.717) is 18.5 Å². The lowest BCUT2D eigenvalue weighted by molar-refractivity contribution is -0.134. The molecule has 104 valence electrons. The molecule has 2 rings (SSSR count). The van der Waals surface area contributed by atoms with Crippen molar-refractivity contribution < 1.29 is 4.79 Å². The second-order valence-corrected chi connectivity index (χ2v) is 5.92. The summed E-state index contributed by atoms with van der Waals surface area (Å²) >= 11 is 0. The predicted octanol–water partition coefficient (Wildman–Crippen LogP) is 2.55. The van der Waals surface area contributed by atoms with E-state index in [4.69, 9.17) is 5.73 Å². The molecular formula is C16H24N2O. The molecule has 0 saturated heterocycles. The Labute approximate surface area is 115 Å². The minimum Gasteiger partial charge on any atom is -0.334 e. The van der Waals surface area contributed by atoms with Gasteiger partial charge in [0.1, 0.15) is 0 Å². The molecule has 1 saturated carbocycles. The lowest BCUT2D eigenvalue weighted by Crippen LogP contribution is -2.45. The SMILES string of the molecule is CC(C)CC(N)C(=O)N(Cc1ccccc1)C1CC1. The van der Waals surface area contributed by atoms with Crippen LogP contribution in [-0.2, 0) is 11.3 Å². The maximum absolute atomic E-state index is 12.5. The van der Waals surface area contributed by atoms with Crippen LogP contribution in [0.4, 0.5) is 0 Å². The lowest BCUT2D eigenvalue weighted by Gasteiger charge is -2.26. The predicted molar refractivity (Wildman–Crippen MR) is 77.4 cm³/mol. The second kappa shape index (κ2) is 6.20. The van der Waals surface area contributed by atoms with E-state index in [1.54, 1.807) is 0 Å². The molecule has 1 amide bonds. The van der Waals surface area contributed by atoms with Gasteiger partial charge in [0.15, 0.2) is 0 Å². The van der Waals surface area contributed by atoms with Gasteiger partial charge in [-0.05, 0) is 30.7 Å². The molecule has 0 heterocycles. The largest absolute Gasteiger partial charge is 0.334 e. The Morgan fingerprint density at radius 3 is 2.47 bits per heavy atom. The second-order valence-electron chi connectivity index (χ2n) is 5.92. The van der Waals surface area contributed by atoms with Crippen molar-refractivity contribution in [2.75, 3.05) is 0 Å². The topological polar surface area (TPSA) is 46.3 Å². The molecule has 1 aliphatic rings. The first-order valence-electron chi connectivity index (χ1n) is 7.18. The number of nitrogens with two attached hydrogens (primary N) is 1. The van der Waals surface area contributed by atoms with E-state index in [2.05, 4.69) is 26.0 Å². The molecule has 1 atom stereocenters. The summed E-state index contributed by atoms with van der Waals surface area (Å²) in [6, 6.07) is 10.2. The van der Waals surface area contributed by atoms with Crippen LogP contribution in [0.1, 0.15) is 38.7 Å². The fraction of sp³-hybridized carbons (Fsp3) is 0.562. The van der Waals surface area contributed by atoms with Gasteiger partial charge in [-0.3, -0.25) is 4.79 Å². The number of carbonyl (C=O) groups is 1. The summed E-state index contributed by atoms with van der Waals surface area (Å²) in [5.74, 6) is 0.566. The highest BCUT2D eigenvalue weighted by atomic mass is 16.2. The summed E-state index contributed by atoms with van der Waals surface area (Å²) in [4.78, 5) is 14.4. The van der Waals surface area contributed by atoms with E-state index in [0.717, 1.165) is 19.3 Å². The van der Waals surface area contributed by atoms with E-state index in [-0.39, 0.29) is 11.9 Å². The minimum atomic E-state index is -0.357. The maximum Gasteiger partial charge on any atom is 0.240 e. The van der Waals surface area contributed by atoms with Gasteiger partial charge < -0.3 is 10.6 Å². The molecule has 1 unspecified atom stereocenters. The summed E-state index contributed by atoms with van der Waals surface area (Å²) in [6.07, 6.45) is 3.00. The normalized spacial score (nSPS) is 16.4. The van der Waals surface area contributed by atoms with Crippen LogP contribution < -0.4 is 5.73 Å². The van der Waals surface area contributed by atoms with Gasteiger partial charge in [-0.2, -0.15) is 0 Å². The zero-order valence-electron chi connectivity index (χ0n) is 11.9. The molecule has 0 aromatic heterocycles. The van der Waals surface area contributed by atoms with E-state index in [1.807, 2.05) is 23.1 Å². The molecule has 1 aromatic carbocycles. The number of rotatable bonds is 6. The van der Waals surface area contributed by atoms with Crippen LogP contribution in [0, 0.1) is 5.92 Å². The average Bonchev–Trinajstić information content (AvgIpc) is 3.20. The van der Waals surface area contributed by atoms with Crippen LogP contribution in [0.15, 0.2) is 30.3 Å². The molecule has 1 aromatic rings. The third-order valence-electron chi connectivity index (χ3n) is 3.51. The Bertz CT molecular complexity index is 412. The number of amides is 1. The highest BCUT2D eigenvalue weighted by molar-refractivity contribution is 5.82. The summed E-state index contributed by atoms with van der Waals surface area (Å²) < 4.78 is 0. The van der Waals surface area contributed by atoms with Gasteiger partial charge >= 0.3 is 0 Å². The average molecular weight is 260 g/mol. The fourth-order valence-corrected chi connectivity index (χ4v) is 2.37. The first-order chi connectivity index (χ1) is 9.08. The van der Waals surface area contributed by atoms with Crippen molar-refractivity contribution in [2.24, 2.45) is 11.7 Å². The van der Waals surface area contributed by atoms with Crippen LogP contribution in [-0.4, -0.2) is 22.9 Å². The van der Waals surface area contributed by atoms with Gasteiger partial charge in [0, 0.05) is 12.6 Å². The van der Waals surface area contributed by atoms with Gasteiger partial charge in [-0.25, -0.2) is 0 Å². The quantitative estimate of drug-likeness (QED) is 0.854. The monoisotopic (exact) mass is 260 g/mol. The molecular weight excluding hydrogens is 236 g/mol. The summed E-state index contributed by atoms with van der Waals surface area (Å²) in [5.41, 5.74) is 7.23. The third-order valence-corrected chi connectivity index (χ3v) is 3.51. The van der Waals surface area contributed by atoms with Crippen molar-refractivity contribution in [2.45, 2.75) is 51.7 Å². The van der Waals surface area contributed by atoms with Crippen molar-refractivity contribution in [3.05, 3.63) is 35.9 Å². The highest BCUT2D eigenvalue weighted by Gasteiger charge is 2.34. The van der Waals surface area contributed by atoms with Crippen LogP contribution in [0.5, 0.6) is 0 Å². The Morgan fingerprint density at radius 2 is 1.95 bits per heavy atom. The minimum absolute atomic E-state index is 0.111. The van der Waals surface area contributed by atoms with Gasteiger partial charge in [-0.1, -0.05) is 44.2 Å². The molecule has 0 spiro atoms. The van der Waals surface area contributed by atoms with Crippen LogP contribution in [0.3, 0.4) is 0 Å². The first-order valence-corrected chi connectivity index (χ1v) is 7.18. The van der Waals surface area contributed by atoms with Gasteiger partial charge in [0.05, 0.1) is 6.04 Å². The van der Waals surface area contributed by atoms with E-state index < -0.39 is 0 Å². The maximum atomic E-state index is 12.5. The van der Waals surface area contributed by atoms with Gasteiger partial charge in [0.25, 0.3) is 0 Å². The molecule has 3 nitrogen and oxygen atoms in total. The molecule has 19 heavy (non-hydrogen) atoms. The number of hydrogen-bond acceptors (Lipinski definition) is 2. The molecule has 2 N–H and O–H groups in total. The fourth-order valence-electron chi connectivity index (χ4n) is 2.37. The van der Waals surface area contributed by atoms with Crippen molar-refractivity contribution >= 4 is 5.91 Å². The summed E-state index contributed by atoms with van der Waals surface area (Å²) in [7, 11) is 0. The molecule has 0 aliphatic heterocycles. The van der Waals surface area contributed by atoms with Crippen molar-refractivity contribution in [1.29, 1.82) is 0 Å². The first kappa shape index (κ1) is 14.1. The number of hydrogen-bond donors (Lipinski definition) is 1. The van der Waals surface area contributed by atoms with E-state index >= 15 is 0 Å². The molecule has 1 aliphatic carbocycles. The number of carbonyl (C=O) groups excluding carboxylic acids is 1. The summed E-state index contributed by atoms with van der Waals surface area (Å²) in [5, 5.41) is 0. The Morgan fingerprint density at radius 1 is 1.32 bits per heavy atom. The van der Waals surface area contributed by atoms with Crippen LogP contribution in [0.25, 0.3) is 0 Å². The smallest absolute Gasteiger partial charge is 0.240 e. The Balaban J connectivity index is 2.01. The van der Waals surface area contributed by atoms with Crippen molar-refractivity contribution in [3.8, 4) is 0 Å². The van der Waals surface area contributed by atoms with Crippen molar-refractivity contribution in [1.82, 2.24) is 4.90 Å². The van der Waals surface area contributed by atoms with E-state index in [1.165, 1.54) is 5.56 Å². The van der Waals surface area contributed by atoms with Crippen molar-refractivity contribution in [3.63, 3.8) is 0 Å². The third kappa shape index (κ3) is 4.06. The number of nitrogens with zero attached hydrogens (tertiary/aromatic N) is 1. The standard InChI is InChI=1S/C16H24N2O/c1-12(2)10-15(17)16(19)18(14-8-9-14)11-13-6-4-3-5-7-13/h3-7,12,14-15H,8-11,17H2,1-2H3. The van der Waals surface area contributed by atoms with Gasteiger partial charge in [0.2, 0.25) is 5.91 Å². The molecule has 0 radical (unpaired) electrons. The molecule has 0 bridgehead atoms. The molecule has 3 heteroatoms. The zero-order valence-corrected chi connectivity index (χ0v) is 11.9. The highest BCUT2D eigenvalue weighted by Crippen LogP contribution is 2.29.